The molecule has 0 aromatic heterocycles. The third-order valence-corrected chi connectivity index (χ3v) is 6.66. The number of unbranched alkanes of at least 4 members (excludes halogenated alkanes) is 9. The van der Waals surface area contributed by atoms with E-state index in [0.717, 1.165) is 31.7 Å². The summed E-state index contributed by atoms with van der Waals surface area (Å²) in [7, 11) is -1.77. The normalized spacial score (nSPS) is 23.3. The fourth-order valence-corrected chi connectivity index (χ4v) is 4.56. The molecule has 0 aromatic rings. The van der Waals surface area contributed by atoms with Gasteiger partial charge in [-0.15, -0.1) is 0 Å². The maximum atomic E-state index is 11.4. The summed E-state index contributed by atoms with van der Waals surface area (Å²) < 4.78 is 43.6. The van der Waals surface area contributed by atoms with Crippen LogP contribution >= 0.6 is 0 Å². The third-order valence-electron chi connectivity index (χ3n) is 4.97. The summed E-state index contributed by atoms with van der Waals surface area (Å²) in [6, 6.07) is 0. The fraction of sp³-hybridized carbons (Fsp3) is 1.00. The van der Waals surface area contributed by atoms with Gasteiger partial charge in [0.05, 0.1) is 45.3 Å². The van der Waals surface area contributed by atoms with E-state index in [1.165, 1.54) is 75.2 Å². The van der Waals surface area contributed by atoms with E-state index >= 15 is 0 Å². The van der Waals surface area contributed by atoms with Crippen LogP contribution in [0.2, 0.25) is 0 Å². The summed E-state index contributed by atoms with van der Waals surface area (Å²) in [5.74, 6) is 1.85. The van der Waals surface area contributed by atoms with Gasteiger partial charge in [-0.25, -0.2) is 8.42 Å². The maximum Gasteiger partial charge on any atom is 0.217 e. The summed E-state index contributed by atoms with van der Waals surface area (Å²) in [5.41, 5.74) is 0. The number of rotatable bonds is 12. The highest BCUT2D eigenvalue weighted by atomic mass is 32.3. The first-order chi connectivity index (χ1) is 12.2. The molecule has 8 heteroatoms. The first-order valence-corrected chi connectivity index (χ1v) is 12.7. The largest absolute Gasteiger partial charge is 0.726 e. The number of hydrogen-bond acceptors (Lipinski definition) is 5. The Bertz CT molecular complexity index is 458. The van der Waals surface area contributed by atoms with Crippen LogP contribution in [0, 0.1) is 0 Å². The first-order valence-electron chi connectivity index (χ1n) is 9.92. The third kappa shape index (κ3) is 16.2. The molecule has 0 radical (unpaired) electrons. The van der Waals surface area contributed by atoms with Crippen LogP contribution in [0.25, 0.3) is 0 Å². The van der Waals surface area contributed by atoms with Gasteiger partial charge in [0, 0.05) is 10.8 Å². The lowest BCUT2D eigenvalue weighted by atomic mass is 10.1. The molecule has 0 unspecified atom stereocenters. The fourth-order valence-electron chi connectivity index (χ4n) is 3.06. The Kier molecular flexibility index (Phi) is 15.0. The second-order valence-electron chi connectivity index (χ2n) is 7.40. The molecule has 1 rings (SSSR count). The van der Waals surface area contributed by atoms with Crippen molar-refractivity contribution in [1.82, 2.24) is 0 Å². The van der Waals surface area contributed by atoms with E-state index in [1.54, 1.807) is 0 Å². The summed E-state index contributed by atoms with van der Waals surface area (Å²) in [6.07, 6.45) is 14.1. The van der Waals surface area contributed by atoms with Gasteiger partial charge in [0.2, 0.25) is 10.4 Å². The van der Waals surface area contributed by atoms with Crippen molar-refractivity contribution in [2.24, 2.45) is 0 Å². The van der Waals surface area contributed by atoms with Crippen molar-refractivity contribution >= 4 is 21.2 Å². The minimum Gasteiger partial charge on any atom is -0.726 e. The molecular formula is C18H39NO5S2. The lowest BCUT2D eigenvalue weighted by Gasteiger charge is -2.37. The molecule has 158 valence electrons. The van der Waals surface area contributed by atoms with Crippen LogP contribution in [-0.2, 0) is 25.4 Å². The molecule has 0 spiro atoms. The van der Waals surface area contributed by atoms with Crippen molar-refractivity contribution in [3.8, 4) is 0 Å². The average molecular weight is 414 g/mol. The predicted molar refractivity (Wildman–Crippen MR) is 107 cm³/mol. The van der Waals surface area contributed by atoms with Crippen LogP contribution in [0.5, 0.6) is 0 Å². The second kappa shape index (κ2) is 15.0. The van der Waals surface area contributed by atoms with Crippen molar-refractivity contribution in [3.05, 3.63) is 0 Å². The minimum absolute atomic E-state index is 0.518. The lowest BCUT2D eigenvalue weighted by Crippen LogP contribution is -2.53. The molecule has 0 N–H and O–H groups in total. The molecule has 0 aromatic carbocycles. The van der Waals surface area contributed by atoms with E-state index in [9.17, 15) is 17.2 Å². The highest BCUT2D eigenvalue weighted by Crippen LogP contribution is 2.14. The Morgan fingerprint density at radius 1 is 0.923 bits per heavy atom. The minimum atomic E-state index is -4.41. The molecule has 1 saturated heterocycles. The summed E-state index contributed by atoms with van der Waals surface area (Å²) in [6.45, 7) is 5.84. The molecule has 1 aliphatic rings. The van der Waals surface area contributed by atoms with Crippen molar-refractivity contribution in [2.75, 3.05) is 45.3 Å². The standard InChI is InChI=1S/C17H36NOS.CH4O4S/c1-3-4-5-6-7-8-9-10-11-12-13-18(2)14-16-20(19)17-15-18;1-5-6(2,3)4/h3-17H2,1-2H3;1H3,(H,2,3,4)/q+1;/p-1. The van der Waals surface area contributed by atoms with Crippen LogP contribution in [0.15, 0.2) is 0 Å². The van der Waals surface area contributed by atoms with Gasteiger partial charge >= 0.3 is 0 Å². The zero-order valence-corrected chi connectivity index (χ0v) is 18.5. The quantitative estimate of drug-likeness (QED) is 0.212. The topological polar surface area (TPSA) is 83.5 Å². The zero-order chi connectivity index (χ0) is 19.9. The van der Waals surface area contributed by atoms with Gasteiger partial charge in [-0.05, 0) is 12.8 Å². The Balaban J connectivity index is 0.000000896. The molecule has 0 amide bonds. The number of hydrogen-bond donors (Lipinski definition) is 0. The van der Waals surface area contributed by atoms with Gasteiger partial charge in [0.15, 0.2) is 0 Å². The van der Waals surface area contributed by atoms with Gasteiger partial charge in [0.1, 0.15) is 0 Å². The lowest BCUT2D eigenvalue weighted by molar-refractivity contribution is -0.906. The van der Waals surface area contributed by atoms with Crippen LogP contribution in [0.4, 0.5) is 0 Å². The maximum absolute atomic E-state index is 11.4. The average Bonchev–Trinajstić information content (AvgIpc) is 2.59. The molecule has 1 fully saturated rings. The van der Waals surface area contributed by atoms with E-state index in [1.807, 2.05) is 0 Å². The summed E-state index contributed by atoms with van der Waals surface area (Å²) >= 11 is 0. The molecule has 26 heavy (non-hydrogen) atoms. The molecule has 1 heterocycles. The van der Waals surface area contributed by atoms with Crippen LogP contribution in [0.3, 0.4) is 0 Å². The van der Waals surface area contributed by atoms with E-state index in [4.69, 9.17) is 0 Å². The summed E-state index contributed by atoms with van der Waals surface area (Å²) in [5, 5.41) is 0. The Morgan fingerprint density at radius 2 is 1.31 bits per heavy atom. The van der Waals surface area contributed by atoms with E-state index < -0.39 is 21.2 Å². The van der Waals surface area contributed by atoms with Gasteiger partial charge < -0.3 is 9.04 Å². The van der Waals surface area contributed by atoms with Crippen LogP contribution in [0.1, 0.15) is 71.1 Å². The van der Waals surface area contributed by atoms with Gasteiger partial charge in [-0.3, -0.25) is 8.39 Å². The Labute approximate surface area is 163 Å². The van der Waals surface area contributed by atoms with Gasteiger partial charge in [-0.1, -0.05) is 58.3 Å². The van der Waals surface area contributed by atoms with Crippen molar-refractivity contribution in [3.63, 3.8) is 0 Å². The highest BCUT2D eigenvalue weighted by Gasteiger charge is 2.27. The highest BCUT2D eigenvalue weighted by molar-refractivity contribution is 7.85. The number of nitrogens with zero attached hydrogens (tertiary/aromatic N) is 1. The Morgan fingerprint density at radius 3 is 1.69 bits per heavy atom. The molecular weight excluding hydrogens is 374 g/mol. The molecule has 0 saturated carbocycles. The van der Waals surface area contributed by atoms with E-state index in [2.05, 4.69) is 18.2 Å². The van der Waals surface area contributed by atoms with Crippen LogP contribution < -0.4 is 0 Å². The molecule has 0 bridgehead atoms. The van der Waals surface area contributed by atoms with Crippen molar-refractivity contribution in [2.45, 2.75) is 71.1 Å². The molecule has 0 atom stereocenters. The Hall–Kier alpha value is -0.0200. The van der Waals surface area contributed by atoms with Crippen molar-refractivity contribution < 1.29 is 25.8 Å². The molecule has 6 nitrogen and oxygen atoms in total. The monoisotopic (exact) mass is 413 g/mol. The summed E-state index contributed by atoms with van der Waals surface area (Å²) in [4.78, 5) is 0. The molecule has 1 aliphatic heterocycles. The first kappa shape index (κ1) is 26.0. The van der Waals surface area contributed by atoms with E-state index in [0.29, 0.717) is 0 Å². The molecule has 0 aliphatic carbocycles. The van der Waals surface area contributed by atoms with Gasteiger partial charge in [0.25, 0.3) is 0 Å². The van der Waals surface area contributed by atoms with Crippen LogP contribution in [-0.4, -0.2) is 67.0 Å². The van der Waals surface area contributed by atoms with Gasteiger partial charge in [-0.2, -0.15) is 0 Å². The number of quaternary nitrogens is 1. The second-order valence-corrected chi connectivity index (χ2v) is 10.2. The SMILES string of the molecule is CCCCCCCCCCCC[N+]1(C)CCS(=O)CC1.COS(=O)(=O)[O-]. The van der Waals surface area contributed by atoms with Crippen molar-refractivity contribution in [1.29, 1.82) is 0 Å². The van der Waals surface area contributed by atoms with E-state index in [-0.39, 0.29) is 0 Å². The zero-order valence-electron chi connectivity index (χ0n) is 16.9. The smallest absolute Gasteiger partial charge is 0.217 e. The predicted octanol–water partition coefficient (Wildman–Crippen LogP) is 3.21.